The number of anilines is 1. The molecule has 1 rings (SSSR count). The highest BCUT2D eigenvalue weighted by atomic mass is 32.2. The molecule has 0 aliphatic rings. The zero-order valence-electron chi connectivity index (χ0n) is 7.55. The maximum Gasteiger partial charge on any atom is 0.0868 e. The van der Waals surface area contributed by atoms with E-state index >= 15 is 0 Å². The molecular weight excluding hydrogens is 188 g/mol. The zero-order chi connectivity index (χ0) is 9.19. The standard InChI is InChI=1S/C8H14N2S2/c1-8(2,3)10-12-7-5-4-6(9)11-7/h4-5,10H,9H2,1-3H3. The van der Waals surface area contributed by atoms with Gasteiger partial charge >= 0.3 is 0 Å². The van der Waals surface area contributed by atoms with Crippen LogP contribution in [0, 0.1) is 0 Å². The van der Waals surface area contributed by atoms with Crippen LogP contribution in [-0.4, -0.2) is 5.54 Å². The molecule has 3 N–H and O–H groups in total. The Balaban J connectivity index is 2.44. The molecule has 1 aromatic heterocycles. The lowest BCUT2D eigenvalue weighted by atomic mass is 10.1. The van der Waals surface area contributed by atoms with E-state index in [4.69, 9.17) is 5.73 Å². The summed E-state index contributed by atoms with van der Waals surface area (Å²) in [5, 5.41) is 0.869. The Bertz CT molecular complexity index is 250. The van der Waals surface area contributed by atoms with Crippen molar-refractivity contribution in [3.63, 3.8) is 0 Å². The molecule has 1 aromatic rings. The smallest absolute Gasteiger partial charge is 0.0868 e. The molecule has 0 atom stereocenters. The summed E-state index contributed by atoms with van der Waals surface area (Å²) in [5.74, 6) is 0. The fourth-order valence-corrected chi connectivity index (χ4v) is 2.22. The van der Waals surface area contributed by atoms with E-state index in [2.05, 4.69) is 25.5 Å². The predicted molar refractivity (Wildman–Crippen MR) is 57.5 cm³/mol. The van der Waals surface area contributed by atoms with Crippen LogP contribution in [0.5, 0.6) is 0 Å². The van der Waals surface area contributed by atoms with Gasteiger partial charge in [-0.25, -0.2) is 0 Å². The summed E-state index contributed by atoms with van der Waals surface area (Å²) in [6, 6.07) is 3.96. The van der Waals surface area contributed by atoms with Gasteiger partial charge in [-0.05, 0) is 44.9 Å². The first-order chi connectivity index (χ1) is 5.47. The Morgan fingerprint density at radius 2 is 2.08 bits per heavy atom. The van der Waals surface area contributed by atoms with E-state index in [1.807, 2.05) is 12.1 Å². The molecule has 68 valence electrons. The maximum atomic E-state index is 5.60. The monoisotopic (exact) mass is 202 g/mol. The third kappa shape index (κ3) is 3.47. The number of hydrogen-bond donors (Lipinski definition) is 2. The minimum atomic E-state index is 0.142. The summed E-state index contributed by atoms with van der Waals surface area (Å²) in [7, 11) is 0. The van der Waals surface area contributed by atoms with E-state index < -0.39 is 0 Å². The summed E-state index contributed by atoms with van der Waals surface area (Å²) in [4.78, 5) is 0. The number of hydrogen-bond acceptors (Lipinski definition) is 4. The van der Waals surface area contributed by atoms with Gasteiger partial charge in [0.1, 0.15) is 0 Å². The number of nitrogen functional groups attached to an aromatic ring is 1. The van der Waals surface area contributed by atoms with Gasteiger partial charge in [0.2, 0.25) is 0 Å². The van der Waals surface area contributed by atoms with E-state index in [-0.39, 0.29) is 5.54 Å². The minimum absolute atomic E-state index is 0.142. The molecule has 0 aliphatic heterocycles. The molecule has 0 saturated carbocycles. The third-order valence-corrected chi connectivity index (χ3v) is 3.32. The maximum absolute atomic E-state index is 5.60. The lowest BCUT2D eigenvalue weighted by Gasteiger charge is -2.18. The Kier molecular flexibility index (Phi) is 3.04. The minimum Gasteiger partial charge on any atom is -0.391 e. The number of rotatable bonds is 2. The Morgan fingerprint density at radius 1 is 1.42 bits per heavy atom. The second kappa shape index (κ2) is 3.68. The van der Waals surface area contributed by atoms with E-state index in [1.54, 1.807) is 23.3 Å². The topological polar surface area (TPSA) is 38.0 Å². The van der Waals surface area contributed by atoms with Crippen molar-refractivity contribution in [2.75, 3.05) is 5.73 Å². The molecule has 0 saturated heterocycles. The molecule has 0 aliphatic carbocycles. The van der Waals surface area contributed by atoms with Gasteiger partial charge in [-0.15, -0.1) is 11.3 Å². The van der Waals surface area contributed by atoms with E-state index in [1.165, 1.54) is 4.21 Å². The fourth-order valence-electron chi connectivity index (χ4n) is 0.593. The molecule has 0 fully saturated rings. The number of thiophene rings is 1. The van der Waals surface area contributed by atoms with Crippen molar-refractivity contribution in [1.29, 1.82) is 0 Å². The van der Waals surface area contributed by atoms with Crippen molar-refractivity contribution in [2.24, 2.45) is 0 Å². The summed E-state index contributed by atoms with van der Waals surface area (Å²) in [5.41, 5.74) is 5.74. The Hall–Kier alpha value is -0.190. The molecule has 0 radical (unpaired) electrons. The molecule has 0 amide bonds. The van der Waals surface area contributed by atoms with Crippen molar-refractivity contribution in [3.8, 4) is 0 Å². The van der Waals surface area contributed by atoms with Crippen LogP contribution < -0.4 is 10.5 Å². The first kappa shape index (κ1) is 9.89. The zero-order valence-corrected chi connectivity index (χ0v) is 9.18. The van der Waals surface area contributed by atoms with Crippen LogP contribution in [0.15, 0.2) is 16.3 Å². The molecule has 4 heteroatoms. The largest absolute Gasteiger partial charge is 0.391 e. The summed E-state index contributed by atoms with van der Waals surface area (Å²) in [6.45, 7) is 6.41. The molecule has 0 bridgehead atoms. The molecule has 0 spiro atoms. The first-order valence-corrected chi connectivity index (χ1v) is 5.40. The van der Waals surface area contributed by atoms with Gasteiger partial charge in [0.15, 0.2) is 0 Å². The van der Waals surface area contributed by atoms with Crippen LogP contribution in [0.25, 0.3) is 0 Å². The van der Waals surface area contributed by atoms with Gasteiger partial charge in [0.05, 0.1) is 9.21 Å². The van der Waals surface area contributed by atoms with Crippen LogP contribution in [-0.2, 0) is 0 Å². The molecule has 0 unspecified atom stereocenters. The summed E-state index contributed by atoms with van der Waals surface area (Å²) < 4.78 is 4.53. The highest BCUT2D eigenvalue weighted by molar-refractivity contribution is 7.99. The van der Waals surface area contributed by atoms with Crippen molar-refractivity contribution in [2.45, 2.75) is 30.5 Å². The number of nitrogens with two attached hydrogens (primary N) is 1. The Morgan fingerprint density at radius 3 is 2.50 bits per heavy atom. The average Bonchev–Trinajstić information content (AvgIpc) is 2.30. The molecule has 1 heterocycles. The summed E-state index contributed by atoms with van der Waals surface area (Å²) in [6.07, 6.45) is 0. The predicted octanol–water partition coefficient (Wildman–Crippen LogP) is 2.73. The molecule has 0 aromatic carbocycles. The van der Waals surface area contributed by atoms with Crippen molar-refractivity contribution >= 4 is 28.3 Å². The molecule has 2 nitrogen and oxygen atoms in total. The van der Waals surface area contributed by atoms with Crippen LogP contribution in [0.2, 0.25) is 0 Å². The van der Waals surface area contributed by atoms with Crippen LogP contribution in [0.1, 0.15) is 20.8 Å². The average molecular weight is 202 g/mol. The molecular formula is C8H14N2S2. The van der Waals surface area contributed by atoms with Gasteiger partial charge in [-0.3, -0.25) is 4.72 Å². The van der Waals surface area contributed by atoms with E-state index in [0.717, 1.165) is 5.00 Å². The summed E-state index contributed by atoms with van der Waals surface area (Å²) >= 11 is 3.24. The fraction of sp³-hybridized carbons (Fsp3) is 0.500. The number of nitrogens with one attached hydrogen (secondary N) is 1. The quantitative estimate of drug-likeness (QED) is 0.724. The normalized spacial score (nSPS) is 11.9. The lowest BCUT2D eigenvalue weighted by molar-refractivity contribution is 0.536. The van der Waals surface area contributed by atoms with Gasteiger partial charge in [0, 0.05) is 5.54 Å². The third-order valence-electron chi connectivity index (χ3n) is 1.06. The van der Waals surface area contributed by atoms with E-state index in [9.17, 15) is 0 Å². The van der Waals surface area contributed by atoms with Gasteiger partial charge < -0.3 is 5.73 Å². The van der Waals surface area contributed by atoms with Crippen molar-refractivity contribution in [3.05, 3.63) is 12.1 Å². The van der Waals surface area contributed by atoms with Crippen LogP contribution in [0.4, 0.5) is 5.00 Å². The first-order valence-electron chi connectivity index (χ1n) is 3.77. The Labute approximate surface area is 81.7 Å². The second-order valence-electron chi connectivity index (χ2n) is 3.61. The van der Waals surface area contributed by atoms with Gasteiger partial charge in [-0.2, -0.15) is 0 Å². The van der Waals surface area contributed by atoms with E-state index in [0.29, 0.717) is 0 Å². The lowest BCUT2D eigenvalue weighted by Crippen LogP contribution is -2.29. The highest BCUT2D eigenvalue weighted by Crippen LogP contribution is 2.27. The van der Waals surface area contributed by atoms with Crippen LogP contribution in [0.3, 0.4) is 0 Å². The van der Waals surface area contributed by atoms with Crippen molar-refractivity contribution in [1.82, 2.24) is 4.72 Å². The van der Waals surface area contributed by atoms with Crippen LogP contribution >= 0.6 is 23.3 Å². The SMILES string of the molecule is CC(C)(C)NSc1ccc(N)s1. The van der Waals surface area contributed by atoms with Gasteiger partial charge in [0.25, 0.3) is 0 Å². The molecule has 12 heavy (non-hydrogen) atoms. The highest BCUT2D eigenvalue weighted by Gasteiger charge is 2.09. The van der Waals surface area contributed by atoms with Crippen molar-refractivity contribution < 1.29 is 0 Å². The second-order valence-corrected chi connectivity index (χ2v) is 5.83. The van der Waals surface area contributed by atoms with Gasteiger partial charge in [-0.1, -0.05) is 0 Å².